The monoisotopic (exact) mass is 368 g/mol. The number of sulfonamides is 1. The van der Waals surface area contributed by atoms with Crippen LogP contribution in [-0.4, -0.2) is 48.0 Å². The van der Waals surface area contributed by atoms with E-state index in [1.54, 1.807) is 24.3 Å². The van der Waals surface area contributed by atoms with Crippen LogP contribution in [0.25, 0.3) is 0 Å². The van der Waals surface area contributed by atoms with Crippen LogP contribution < -0.4 is 5.32 Å². The Morgan fingerprint density at radius 2 is 1.96 bits per heavy atom. The van der Waals surface area contributed by atoms with Crippen molar-refractivity contribution in [3.8, 4) is 0 Å². The Morgan fingerprint density at radius 1 is 1.28 bits per heavy atom. The molecular weight excluding hydrogens is 344 g/mol. The van der Waals surface area contributed by atoms with Crippen LogP contribution >= 0.6 is 0 Å². The van der Waals surface area contributed by atoms with E-state index in [0.717, 1.165) is 6.42 Å². The summed E-state index contributed by atoms with van der Waals surface area (Å²) in [5.41, 5.74) is 1.16. The lowest BCUT2D eigenvalue weighted by molar-refractivity contribution is -0.136. The third-order valence-corrected chi connectivity index (χ3v) is 6.15. The fourth-order valence-corrected chi connectivity index (χ4v) is 4.77. The number of aliphatic carboxylic acids is 1. The molecule has 2 rings (SSSR count). The Morgan fingerprint density at radius 3 is 2.56 bits per heavy atom. The fraction of sp³-hybridized carbons (Fsp3) is 0.529. The molecule has 1 aromatic carbocycles. The zero-order chi connectivity index (χ0) is 18.4. The summed E-state index contributed by atoms with van der Waals surface area (Å²) in [5, 5.41) is 11.5. The molecule has 0 saturated carbocycles. The second-order valence-corrected chi connectivity index (χ2v) is 8.24. The van der Waals surface area contributed by atoms with E-state index in [1.165, 1.54) is 4.31 Å². The molecule has 1 fully saturated rings. The zero-order valence-electron chi connectivity index (χ0n) is 14.3. The molecule has 7 nitrogen and oxygen atoms in total. The fourth-order valence-electron chi connectivity index (χ4n) is 2.89. The Balaban J connectivity index is 2.03. The number of hydrogen-bond donors (Lipinski definition) is 2. The molecule has 0 radical (unpaired) electrons. The molecule has 1 atom stereocenters. The van der Waals surface area contributed by atoms with Crippen LogP contribution in [-0.2, 0) is 26.0 Å². The molecule has 1 heterocycles. The van der Waals surface area contributed by atoms with Crippen molar-refractivity contribution in [3.05, 3.63) is 29.8 Å². The SMILES string of the molecule is CCCCS(=O)(=O)N1CCCC1C(=O)Nc1ccc(CC(=O)O)cc1. The summed E-state index contributed by atoms with van der Waals surface area (Å²) in [5.74, 6) is -1.20. The number of carboxylic acid groups (broad SMARTS) is 1. The van der Waals surface area contributed by atoms with E-state index >= 15 is 0 Å². The topological polar surface area (TPSA) is 104 Å². The molecule has 1 aliphatic heterocycles. The minimum atomic E-state index is -3.42. The van der Waals surface area contributed by atoms with Crippen molar-refractivity contribution < 1.29 is 23.1 Å². The predicted molar refractivity (Wildman–Crippen MR) is 94.8 cm³/mol. The molecule has 138 valence electrons. The minimum absolute atomic E-state index is 0.0666. The Kier molecular flexibility index (Phi) is 6.55. The minimum Gasteiger partial charge on any atom is -0.481 e. The maximum Gasteiger partial charge on any atom is 0.307 e. The maximum absolute atomic E-state index is 12.5. The van der Waals surface area contributed by atoms with Gasteiger partial charge in [-0.2, -0.15) is 4.31 Å². The molecule has 2 N–H and O–H groups in total. The highest BCUT2D eigenvalue weighted by atomic mass is 32.2. The molecule has 1 aliphatic rings. The molecular formula is C17H24N2O5S. The smallest absolute Gasteiger partial charge is 0.307 e. The van der Waals surface area contributed by atoms with E-state index in [0.29, 0.717) is 37.1 Å². The normalized spacial score (nSPS) is 18.2. The number of anilines is 1. The van der Waals surface area contributed by atoms with Crippen molar-refractivity contribution in [1.29, 1.82) is 0 Å². The van der Waals surface area contributed by atoms with E-state index in [1.807, 2.05) is 6.92 Å². The summed E-state index contributed by atoms with van der Waals surface area (Å²) in [4.78, 5) is 23.2. The maximum atomic E-state index is 12.5. The van der Waals surface area contributed by atoms with E-state index in [-0.39, 0.29) is 18.1 Å². The lowest BCUT2D eigenvalue weighted by Gasteiger charge is -2.23. The van der Waals surface area contributed by atoms with Crippen molar-refractivity contribution in [3.63, 3.8) is 0 Å². The van der Waals surface area contributed by atoms with Gasteiger partial charge < -0.3 is 10.4 Å². The number of benzene rings is 1. The van der Waals surface area contributed by atoms with Gasteiger partial charge in [-0.1, -0.05) is 25.5 Å². The van der Waals surface area contributed by atoms with Gasteiger partial charge in [-0.05, 0) is 37.0 Å². The first-order chi connectivity index (χ1) is 11.8. The second-order valence-electron chi connectivity index (χ2n) is 6.19. The third-order valence-electron chi connectivity index (χ3n) is 4.20. The first-order valence-electron chi connectivity index (χ1n) is 8.44. The number of unbranched alkanes of at least 4 members (excludes halogenated alkanes) is 1. The van der Waals surface area contributed by atoms with Gasteiger partial charge in [-0.25, -0.2) is 8.42 Å². The Labute approximate surface area is 148 Å². The summed E-state index contributed by atoms with van der Waals surface area (Å²) >= 11 is 0. The highest BCUT2D eigenvalue weighted by molar-refractivity contribution is 7.89. The third kappa shape index (κ3) is 5.27. The summed E-state index contributed by atoms with van der Waals surface area (Å²) in [6.45, 7) is 2.30. The van der Waals surface area contributed by atoms with Gasteiger partial charge in [0.25, 0.3) is 0 Å². The van der Waals surface area contributed by atoms with E-state index in [2.05, 4.69) is 5.32 Å². The first kappa shape index (κ1) is 19.4. The van der Waals surface area contributed by atoms with E-state index in [4.69, 9.17) is 5.11 Å². The van der Waals surface area contributed by atoms with E-state index in [9.17, 15) is 18.0 Å². The van der Waals surface area contributed by atoms with Crippen LogP contribution in [0, 0.1) is 0 Å². The predicted octanol–water partition coefficient (Wildman–Crippen LogP) is 1.85. The number of hydrogen-bond acceptors (Lipinski definition) is 4. The van der Waals surface area contributed by atoms with Crippen molar-refractivity contribution in [2.75, 3.05) is 17.6 Å². The number of nitrogens with one attached hydrogen (secondary N) is 1. The molecule has 1 amide bonds. The lowest BCUT2D eigenvalue weighted by Crippen LogP contribution is -2.44. The van der Waals surface area contributed by atoms with E-state index < -0.39 is 22.0 Å². The van der Waals surface area contributed by atoms with Gasteiger partial charge in [0.15, 0.2) is 0 Å². The van der Waals surface area contributed by atoms with Gasteiger partial charge in [0.05, 0.1) is 12.2 Å². The zero-order valence-corrected chi connectivity index (χ0v) is 15.1. The van der Waals surface area contributed by atoms with Gasteiger partial charge in [0.1, 0.15) is 6.04 Å². The summed E-state index contributed by atoms with van der Waals surface area (Å²) in [6, 6.07) is 5.84. The summed E-state index contributed by atoms with van der Waals surface area (Å²) in [7, 11) is -3.42. The van der Waals surface area contributed by atoms with Crippen molar-refractivity contribution >= 4 is 27.6 Å². The summed E-state index contributed by atoms with van der Waals surface area (Å²) < 4.78 is 26.1. The van der Waals surface area contributed by atoms with Crippen LogP contribution in [0.1, 0.15) is 38.2 Å². The standard InChI is InChI=1S/C17H24N2O5S/c1-2-3-11-25(23,24)19-10-4-5-15(19)17(22)18-14-8-6-13(7-9-14)12-16(20)21/h6-9,15H,2-5,10-12H2,1H3,(H,18,22)(H,20,21). The number of carboxylic acids is 1. The van der Waals surface area contributed by atoms with Crippen molar-refractivity contribution in [1.82, 2.24) is 4.31 Å². The van der Waals surface area contributed by atoms with Crippen molar-refractivity contribution in [2.24, 2.45) is 0 Å². The molecule has 0 aliphatic carbocycles. The molecule has 1 aromatic rings. The molecule has 0 bridgehead atoms. The molecule has 0 spiro atoms. The Bertz CT molecular complexity index is 715. The highest BCUT2D eigenvalue weighted by Crippen LogP contribution is 2.23. The van der Waals surface area contributed by atoms with Crippen LogP contribution in [0.15, 0.2) is 24.3 Å². The van der Waals surface area contributed by atoms with Crippen LogP contribution in [0.4, 0.5) is 5.69 Å². The molecule has 8 heteroatoms. The quantitative estimate of drug-likeness (QED) is 0.729. The van der Waals surface area contributed by atoms with Crippen LogP contribution in [0.2, 0.25) is 0 Å². The highest BCUT2D eigenvalue weighted by Gasteiger charge is 2.38. The molecule has 1 unspecified atom stereocenters. The summed E-state index contributed by atoms with van der Waals surface area (Å²) in [6.07, 6.45) is 2.46. The molecule has 0 aromatic heterocycles. The van der Waals surface area contributed by atoms with Gasteiger partial charge in [0, 0.05) is 12.2 Å². The van der Waals surface area contributed by atoms with Gasteiger partial charge in [-0.15, -0.1) is 0 Å². The van der Waals surface area contributed by atoms with Crippen molar-refractivity contribution in [2.45, 2.75) is 45.1 Å². The lowest BCUT2D eigenvalue weighted by atomic mass is 10.1. The first-order valence-corrected chi connectivity index (χ1v) is 10.1. The number of nitrogens with zero attached hydrogens (tertiary/aromatic N) is 1. The number of carbonyl (C=O) groups is 2. The van der Waals surface area contributed by atoms with Crippen LogP contribution in [0.5, 0.6) is 0 Å². The van der Waals surface area contributed by atoms with Gasteiger partial charge in [0.2, 0.25) is 15.9 Å². The number of carbonyl (C=O) groups excluding carboxylic acids is 1. The van der Waals surface area contributed by atoms with Gasteiger partial charge in [-0.3, -0.25) is 9.59 Å². The average Bonchev–Trinajstić information content (AvgIpc) is 3.05. The number of amides is 1. The molecule has 25 heavy (non-hydrogen) atoms. The second kappa shape index (κ2) is 8.44. The average molecular weight is 368 g/mol. The largest absolute Gasteiger partial charge is 0.481 e. The van der Waals surface area contributed by atoms with Crippen LogP contribution in [0.3, 0.4) is 0 Å². The number of rotatable bonds is 8. The van der Waals surface area contributed by atoms with Gasteiger partial charge >= 0.3 is 5.97 Å². The molecule has 1 saturated heterocycles. The Hall–Kier alpha value is -1.93.